The molecule has 8 heteroatoms. The van der Waals surface area contributed by atoms with Gasteiger partial charge in [-0.1, -0.05) is 15.9 Å². The van der Waals surface area contributed by atoms with Gasteiger partial charge in [-0.15, -0.1) is 0 Å². The maximum Gasteiger partial charge on any atom is 0.332 e. The monoisotopic (exact) mass is 346 g/mol. The van der Waals surface area contributed by atoms with Crippen molar-refractivity contribution in [3.05, 3.63) is 28.5 Å². The Kier molecular flexibility index (Phi) is 4.24. The van der Waals surface area contributed by atoms with E-state index >= 15 is 0 Å². The lowest BCUT2D eigenvalue weighted by atomic mass is 9.99. The summed E-state index contributed by atoms with van der Waals surface area (Å²) in [6, 6.07) is 3.34. The molecular weight excluding hydrogens is 335 g/mol. The predicted octanol–water partition coefficient (Wildman–Crippen LogP) is 1.95. The van der Waals surface area contributed by atoms with Crippen molar-refractivity contribution in [3.8, 4) is 0 Å². The average molecular weight is 347 g/mol. The van der Waals surface area contributed by atoms with Gasteiger partial charge in [-0.05, 0) is 18.2 Å². The molecule has 3 N–H and O–H groups in total. The summed E-state index contributed by atoms with van der Waals surface area (Å²) in [5.74, 6) is -1.80. The van der Waals surface area contributed by atoms with Gasteiger partial charge < -0.3 is 20.5 Å². The molecule has 6 nitrogen and oxygen atoms in total. The van der Waals surface area contributed by atoms with Crippen molar-refractivity contribution < 1.29 is 23.8 Å². The van der Waals surface area contributed by atoms with Crippen LogP contribution >= 0.6 is 15.9 Å². The number of amides is 2. The van der Waals surface area contributed by atoms with Gasteiger partial charge in [0.2, 0.25) is 0 Å². The first-order valence-electron chi connectivity index (χ1n) is 5.78. The molecule has 1 aliphatic heterocycles. The molecule has 1 saturated heterocycles. The molecule has 0 aliphatic carbocycles. The van der Waals surface area contributed by atoms with Crippen LogP contribution < -0.4 is 10.6 Å². The van der Waals surface area contributed by atoms with E-state index < -0.39 is 23.4 Å². The second-order valence-corrected chi connectivity index (χ2v) is 5.31. The summed E-state index contributed by atoms with van der Waals surface area (Å²) in [7, 11) is 0. The van der Waals surface area contributed by atoms with Gasteiger partial charge in [0.25, 0.3) is 0 Å². The zero-order chi connectivity index (χ0) is 14.8. The Bertz CT molecular complexity index is 546. The first-order valence-corrected chi connectivity index (χ1v) is 6.58. The van der Waals surface area contributed by atoms with E-state index in [1.807, 2.05) is 0 Å². The van der Waals surface area contributed by atoms with Gasteiger partial charge in [-0.3, -0.25) is 0 Å². The number of carboxylic acid groups (broad SMARTS) is 1. The molecule has 0 saturated carbocycles. The third kappa shape index (κ3) is 3.07. The molecule has 0 aromatic heterocycles. The Morgan fingerprint density at radius 2 is 2.20 bits per heavy atom. The quantitative estimate of drug-likeness (QED) is 0.780. The van der Waals surface area contributed by atoms with E-state index in [0.29, 0.717) is 4.47 Å². The lowest BCUT2D eigenvalue weighted by Crippen LogP contribution is -2.56. The van der Waals surface area contributed by atoms with Crippen molar-refractivity contribution in [2.75, 3.05) is 18.5 Å². The topological polar surface area (TPSA) is 87.7 Å². The van der Waals surface area contributed by atoms with Crippen LogP contribution in [0, 0.1) is 5.82 Å². The van der Waals surface area contributed by atoms with E-state index in [1.165, 1.54) is 12.1 Å². The molecular formula is C12H12BrFN2O4. The fourth-order valence-electron chi connectivity index (χ4n) is 1.85. The Morgan fingerprint density at radius 3 is 2.75 bits per heavy atom. The van der Waals surface area contributed by atoms with Gasteiger partial charge in [-0.2, -0.15) is 0 Å². The maximum atomic E-state index is 13.6. The standard InChI is InChI=1S/C12H12BrFN2O4/c13-7-1-2-9(8(14)5-7)15-11(19)16-12(10(17)18)3-4-20-6-12/h1-2,5H,3-4,6H2,(H,17,18)(H2,15,16,19). The van der Waals surface area contributed by atoms with E-state index in [-0.39, 0.29) is 25.3 Å². The molecule has 1 unspecified atom stereocenters. The number of benzene rings is 1. The Hall–Kier alpha value is -1.67. The molecule has 0 spiro atoms. The molecule has 1 fully saturated rings. The number of carboxylic acids is 1. The van der Waals surface area contributed by atoms with Crippen molar-refractivity contribution in [2.45, 2.75) is 12.0 Å². The number of nitrogens with one attached hydrogen (secondary N) is 2. The molecule has 0 bridgehead atoms. The van der Waals surface area contributed by atoms with Gasteiger partial charge in [0.15, 0.2) is 5.54 Å². The summed E-state index contributed by atoms with van der Waals surface area (Å²) < 4.78 is 19.1. The Labute approximate surface area is 122 Å². The predicted molar refractivity (Wildman–Crippen MR) is 72.1 cm³/mol. The summed E-state index contributed by atoms with van der Waals surface area (Å²) in [4.78, 5) is 23.0. The Morgan fingerprint density at radius 1 is 1.45 bits per heavy atom. The van der Waals surface area contributed by atoms with Gasteiger partial charge in [0, 0.05) is 17.5 Å². The lowest BCUT2D eigenvalue weighted by molar-refractivity contribution is -0.144. The van der Waals surface area contributed by atoms with Gasteiger partial charge >= 0.3 is 12.0 Å². The number of carbonyl (C=O) groups is 2. The Balaban J connectivity index is 2.07. The van der Waals surface area contributed by atoms with Crippen LogP contribution in [-0.4, -0.2) is 35.9 Å². The smallest absolute Gasteiger partial charge is 0.332 e. The molecule has 2 rings (SSSR count). The number of anilines is 1. The molecule has 20 heavy (non-hydrogen) atoms. The van der Waals surface area contributed by atoms with Gasteiger partial charge in [0.1, 0.15) is 5.82 Å². The fourth-order valence-corrected chi connectivity index (χ4v) is 2.18. The van der Waals surface area contributed by atoms with E-state index in [0.717, 1.165) is 0 Å². The van der Waals surface area contributed by atoms with Crippen LogP contribution in [0.4, 0.5) is 14.9 Å². The van der Waals surface area contributed by atoms with E-state index in [4.69, 9.17) is 9.84 Å². The zero-order valence-electron chi connectivity index (χ0n) is 10.3. The summed E-state index contributed by atoms with van der Waals surface area (Å²) in [5.41, 5.74) is -1.50. The molecule has 1 aromatic rings. The number of hydrogen-bond acceptors (Lipinski definition) is 3. The summed E-state index contributed by atoms with van der Waals surface area (Å²) in [6.07, 6.45) is 0.165. The minimum Gasteiger partial charge on any atom is -0.479 e. The zero-order valence-corrected chi connectivity index (χ0v) is 11.9. The molecule has 1 aliphatic rings. The maximum absolute atomic E-state index is 13.6. The highest BCUT2D eigenvalue weighted by Crippen LogP contribution is 2.21. The largest absolute Gasteiger partial charge is 0.479 e. The molecule has 2 amide bonds. The number of hydrogen-bond donors (Lipinski definition) is 3. The van der Waals surface area contributed by atoms with Crippen LogP contribution in [0.3, 0.4) is 0 Å². The first kappa shape index (κ1) is 14.7. The van der Waals surface area contributed by atoms with Crippen LogP contribution in [0.1, 0.15) is 6.42 Å². The van der Waals surface area contributed by atoms with Crippen LogP contribution in [0.25, 0.3) is 0 Å². The van der Waals surface area contributed by atoms with Crippen LogP contribution in [0.15, 0.2) is 22.7 Å². The second-order valence-electron chi connectivity index (χ2n) is 4.39. The van der Waals surface area contributed by atoms with Crippen LogP contribution in [-0.2, 0) is 9.53 Å². The average Bonchev–Trinajstić information content (AvgIpc) is 2.82. The van der Waals surface area contributed by atoms with Crippen molar-refractivity contribution in [2.24, 2.45) is 0 Å². The third-order valence-corrected chi connectivity index (χ3v) is 3.46. The number of rotatable bonds is 3. The highest BCUT2D eigenvalue weighted by Gasteiger charge is 2.44. The molecule has 1 atom stereocenters. The van der Waals surface area contributed by atoms with E-state index in [9.17, 15) is 14.0 Å². The normalized spacial score (nSPS) is 21.5. The van der Waals surface area contributed by atoms with Gasteiger partial charge in [0.05, 0.1) is 12.3 Å². The summed E-state index contributed by atoms with van der Waals surface area (Å²) in [6.45, 7) is 0.137. The number of carbonyl (C=O) groups excluding carboxylic acids is 1. The van der Waals surface area contributed by atoms with Crippen LogP contribution in [0.5, 0.6) is 0 Å². The third-order valence-electron chi connectivity index (χ3n) is 2.96. The highest BCUT2D eigenvalue weighted by molar-refractivity contribution is 9.10. The lowest BCUT2D eigenvalue weighted by Gasteiger charge is -2.23. The second kappa shape index (κ2) is 5.76. The number of halogens is 2. The molecule has 108 valence electrons. The number of aliphatic carboxylic acids is 1. The van der Waals surface area contributed by atoms with Crippen molar-refractivity contribution in [1.82, 2.24) is 5.32 Å². The molecule has 1 heterocycles. The first-order chi connectivity index (χ1) is 9.43. The number of urea groups is 1. The minimum absolute atomic E-state index is 0.0369. The van der Waals surface area contributed by atoms with Crippen molar-refractivity contribution >= 4 is 33.6 Å². The summed E-state index contributed by atoms with van der Waals surface area (Å²) in [5, 5.41) is 13.8. The van der Waals surface area contributed by atoms with Crippen molar-refractivity contribution in [1.29, 1.82) is 0 Å². The van der Waals surface area contributed by atoms with E-state index in [1.54, 1.807) is 6.07 Å². The van der Waals surface area contributed by atoms with E-state index in [2.05, 4.69) is 26.6 Å². The van der Waals surface area contributed by atoms with Crippen LogP contribution in [0.2, 0.25) is 0 Å². The SMILES string of the molecule is O=C(Nc1ccc(Br)cc1F)NC1(C(=O)O)CCOC1. The van der Waals surface area contributed by atoms with Gasteiger partial charge in [-0.25, -0.2) is 14.0 Å². The summed E-state index contributed by atoms with van der Waals surface area (Å²) >= 11 is 3.10. The molecule has 0 radical (unpaired) electrons. The minimum atomic E-state index is -1.46. The highest BCUT2D eigenvalue weighted by atomic mass is 79.9. The van der Waals surface area contributed by atoms with Crippen molar-refractivity contribution in [3.63, 3.8) is 0 Å². The molecule has 1 aromatic carbocycles. The fraction of sp³-hybridized carbons (Fsp3) is 0.333. The number of ether oxygens (including phenoxy) is 1.